The summed E-state index contributed by atoms with van der Waals surface area (Å²) in [6.45, 7) is 4.60. The van der Waals surface area contributed by atoms with Crippen LogP contribution in [0.4, 0.5) is 0 Å². The van der Waals surface area contributed by atoms with Crippen molar-refractivity contribution < 1.29 is 0 Å². The van der Waals surface area contributed by atoms with Crippen LogP contribution in [0.2, 0.25) is 0 Å². The van der Waals surface area contributed by atoms with Crippen LogP contribution in [-0.2, 0) is 0 Å². The molecule has 0 bridgehead atoms. The lowest BCUT2D eigenvalue weighted by atomic mass is 10.0. The van der Waals surface area contributed by atoms with E-state index in [0.717, 1.165) is 0 Å². The van der Waals surface area contributed by atoms with E-state index in [1.54, 1.807) is 0 Å². The van der Waals surface area contributed by atoms with Crippen LogP contribution in [0.5, 0.6) is 0 Å². The number of rotatable bonds is 29. The zero-order chi connectivity index (χ0) is 24.1. The third-order valence-corrected chi connectivity index (χ3v) is 7.93. The van der Waals surface area contributed by atoms with E-state index in [1.165, 1.54) is 186 Å². The first-order valence-corrected chi connectivity index (χ1v) is 16.4. The Morgan fingerprint density at radius 1 is 0.303 bits per heavy atom. The Morgan fingerprint density at radius 2 is 0.485 bits per heavy atom. The van der Waals surface area contributed by atoms with E-state index in [9.17, 15) is 0 Å². The van der Waals surface area contributed by atoms with Crippen molar-refractivity contribution in [2.75, 3.05) is 0 Å². The molecule has 0 N–H and O–H groups in total. The van der Waals surface area contributed by atoms with Gasteiger partial charge in [-0.2, -0.15) is 0 Å². The van der Waals surface area contributed by atoms with Crippen LogP contribution in [-0.4, -0.2) is 5.38 Å². The minimum atomic E-state index is 0.440. The van der Waals surface area contributed by atoms with Crippen LogP contribution < -0.4 is 0 Å². The van der Waals surface area contributed by atoms with E-state index in [2.05, 4.69) is 13.8 Å². The molecule has 0 rings (SSSR count). The van der Waals surface area contributed by atoms with Crippen molar-refractivity contribution in [1.29, 1.82) is 0 Å². The standard InChI is InChI=1S/C32H65Cl/c1-3-5-7-9-11-13-14-15-16-17-18-19-20-21-23-25-27-29-31-32(33)30-28-26-24-22-12-10-8-6-4-2/h32H,3-31H2,1-2H3. The van der Waals surface area contributed by atoms with Crippen LogP contribution in [0.25, 0.3) is 0 Å². The molecule has 0 spiro atoms. The minimum Gasteiger partial charge on any atom is -0.123 e. The smallest absolute Gasteiger partial charge is 0.0336 e. The highest BCUT2D eigenvalue weighted by Gasteiger charge is 2.04. The van der Waals surface area contributed by atoms with Gasteiger partial charge in [0, 0.05) is 5.38 Å². The largest absolute Gasteiger partial charge is 0.123 e. The van der Waals surface area contributed by atoms with E-state index in [-0.39, 0.29) is 0 Å². The predicted molar refractivity (Wildman–Crippen MR) is 155 cm³/mol. The number of unbranched alkanes of at least 4 members (excludes halogenated alkanes) is 25. The summed E-state index contributed by atoms with van der Waals surface area (Å²) < 4.78 is 0. The molecule has 0 aliphatic rings. The van der Waals surface area contributed by atoms with Crippen molar-refractivity contribution >= 4 is 11.6 Å². The van der Waals surface area contributed by atoms with Gasteiger partial charge in [0.15, 0.2) is 0 Å². The van der Waals surface area contributed by atoms with Gasteiger partial charge in [-0.25, -0.2) is 0 Å². The zero-order valence-electron chi connectivity index (χ0n) is 23.5. The Bertz CT molecular complexity index is 326. The van der Waals surface area contributed by atoms with Crippen molar-refractivity contribution in [3.63, 3.8) is 0 Å². The molecule has 200 valence electrons. The maximum absolute atomic E-state index is 6.55. The maximum Gasteiger partial charge on any atom is 0.0336 e. The fourth-order valence-corrected chi connectivity index (χ4v) is 5.40. The second-order valence-electron chi connectivity index (χ2n) is 11.0. The Hall–Kier alpha value is 0.290. The third kappa shape index (κ3) is 30.3. The third-order valence-electron chi connectivity index (χ3n) is 7.49. The molecule has 1 unspecified atom stereocenters. The summed E-state index contributed by atoms with van der Waals surface area (Å²) >= 11 is 6.55. The predicted octanol–water partition coefficient (Wildman–Crippen LogP) is 12.9. The highest BCUT2D eigenvalue weighted by Crippen LogP contribution is 2.19. The quantitative estimate of drug-likeness (QED) is 0.0730. The lowest BCUT2D eigenvalue weighted by Crippen LogP contribution is -1.98. The number of alkyl halides is 1. The van der Waals surface area contributed by atoms with E-state index in [4.69, 9.17) is 11.6 Å². The van der Waals surface area contributed by atoms with Gasteiger partial charge in [0.05, 0.1) is 0 Å². The van der Waals surface area contributed by atoms with Gasteiger partial charge in [-0.3, -0.25) is 0 Å². The first-order chi connectivity index (χ1) is 16.3. The van der Waals surface area contributed by atoms with E-state index >= 15 is 0 Å². The van der Waals surface area contributed by atoms with Gasteiger partial charge in [-0.05, 0) is 12.8 Å². The summed E-state index contributed by atoms with van der Waals surface area (Å²) in [7, 11) is 0. The summed E-state index contributed by atoms with van der Waals surface area (Å²) in [5.41, 5.74) is 0. The summed E-state index contributed by atoms with van der Waals surface area (Å²) in [5.74, 6) is 0. The summed E-state index contributed by atoms with van der Waals surface area (Å²) in [4.78, 5) is 0. The van der Waals surface area contributed by atoms with Crippen LogP contribution in [0.15, 0.2) is 0 Å². The normalized spacial score (nSPS) is 12.5. The van der Waals surface area contributed by atoms with Crippen molar-refractivity contribution in [2.45, 2.75) is 205 Å². The second-order valence-corrected chi connectivity index (χ2v) is 11.6. The van der Waals surface area contributed by atoms with Gasteiger partial charge >= 0.3 is 0 Å². The van der Waals surface area contributed by atoms with Crippen molar-refractivity contribution in [3.05, 3.63) is 0 Å². The SMILES string of the molecule is CCCCCCCCCCCCCCCCCCCCC(Cl)CCCCCCCCCCC. The zero-order valence-corrected chi connectivity index (χ0v) is 24.2. The minimum absolute atomic E-state index is 0.440. The van der Waals surface area contributed by atoms with Crippen molar-refractivity contribution in [1.82, 2.24) is 0 Å². The maximum atomic E-state index is 6.55. The highest BCUT2D eigenvalue weighted by atomic mass is 35.5. The van der Waals surface area contributed by atoms with Crippen LogP contribution in [0.3, 0.4) is 0 Å². The monoisotopic (exact) mass is 484 g/mol. The molecule has 0 nitrogen and oxygen atoms in total. The molecule has 1 atom stereocenters. The van der Waals surface area contributed by atoms with Gasteiger partial charge in [-0.1, -0.05) is 187 Å². The molecule has 0 aromatic carbocycles. The van der Waals surface area contributed by atoms with Crippen LogP contribution in [0, 0.1) is 0 Å². The fourth-order valence-electron chi connectivity index (χ4n) is 5.09. The molecule has 0 fully saturated rings. The molecule has 33 heavy (non-hydrogen) atoms. The van der Waals surface area contributed by atoms with Gasteiger partial charge in [0.1, 0.15) is 0 Å². The molecule has 0 amide bonds. The Balaban J connectivity index is 3.11. The molecular weight excluding hydrogens is 420 g/mol. The first-order valence-electron chi connectivity index (χ1n) is 15.9. The molecule has 1 heteroatoms. The molecule has 0 saturated heterocycles. The lowest BCUT2D eigenvalue weighted by Gasteiger charge is -2.09. The Kier molecular flexibility index (Phi) is 30.6. The molecule has 0 aromatic rings. The average molecular weight is 485 g/mol. The van der Waals surface area contributed by atoms with Crippen molar-refractivity contribution in [3.8, 4) is 0 Å². The molecule has 0 aromatic heterocycles. The van der Waals surface area contributed by atoms with Gasteiger partial charge in [0.2, 0.25) is 0 Å². The molecule has 0 aliphatic heterocycles. The van der Waals surface area contributed by atoms with E-state index in [0.29, 0.717) is 5.38 Å². The van der Waals surface area contributed by atoms with Crippen molar-refractivity contribution in [2.24, 2.45) is 0 Å². The second kappa shape index (κ2) is 30.3. The lowest BCUT2D eigenvalue weighted by molar-refractivity contribution is 0.515. The topological polar surface area (TPSA) is 0 Å². The van der Waals surface area contributed by atoms with Gasteiger partial charge < -0.3 is 0 Å². The fraction of sp³-hybridized carbons (Fsp3) is 1.00. The number of hydrogen-bond donors (Lipinski definition) is 0. The van der Waals surface area contributed by atoms with E-state index < -0.39 is 0 Å². The summed E-state index contributed by atoms with van der Waals surface area (Å²) in [6.07, 6.45) is 41.4. The molecular formula is C32H65Cl. The molecule has 0 saturated carbocycles. The van der Waals surface area contributed by atoms with E-state index in [1.807, 2.05) is 0 Å². The summed E-state index contributed by atoms with van der Waals surface area (Å²) in [5, 5.41) is 0.440. The van der Waals surface area contributed by atoms with Gasteiger partial charge in [-0.15, -0.1) is 11.6 Å². The average Bonchev–Trinajstić information content (AvgIpc) is 2.82. The summed E-state index contributed by atoms with van der Waals surface area (Å²) in [6, 6.07) is 0. The molecule has 0 heterocycles. The van der Waals surface area contributed by atoms with Crippen LogP contribution >= 0.6 is 11.6 Å². The highest BCUT2D eigenvalue weighted by molar-refractivity contribution is 6.20. The Morgan fingerprint density at radius 3 is 0.697 bits per heavy atom. The van der Waals surface area contributed by atoms with Crippen LogP contribution in [0.1, 0.15) is 200 Å². The number of halogens is 1. The Labute approximate surface area is 216 Å². The molecule has 0 radical (unpaired) electrons. The molecule has 0 aliphatic carbocycles. The first kappa shape index (κ1) is 33.3. The van der Waals surface area contributed by atoms with Gasteiger partial charge in [0.25, 0.3) is 0 Å². The number of hydrogen-bond acceptors (Lipinski definition) is 0.